The maximum atomic E-state index is 13.9. The Morgan fingerprint density at radius 2 is 1.75 bits per heavy atom. The Labute approximate surface area is 164 Å². The number of benzene rings is 2. The molecule has 2 heterocycles. The van der Waals surface area contributed by atoms with Gasteiger partial charge in [0, 0.05) is 44.2 Å². The van der Waals surface area contributed by atoms with Crippen LogP contribution in [-0.2, 0) is 16.0 Å². The molecule has 146 valence electrons. The Bertz CT molecular complexity index is 878. The lowest BCUT2D eigenvalue weighted by atomic mass is 9.89. The third-order valence-electron chi connectivity index (χ3n) is 5.64. The molecule has 2 amide bonds. The first-order chi connectivity index (χ1) is 13.6. The largest absolute Gasteiger partial charge is 0.366 e. The second-order valence-corrected chi connectivity index (χ2v) is 7.41. The average molecular weight is 381 g/mol. The standard InChI is InChI=1S/C22H24FN3O2/c23-18-6-2-4-8-20(18)25-11-13-26(14-12-25)21(27)10-9-17-15-16-5-1-3-7-19(16)24-22(17)28/h1-8,17H,9-15H2,(H,24,28). The zero-order valence-electron chi connectivity index (χ0n) is 15.7. The van der Waals surface area contributed by atoms with Gasteiger partial charge >= 0.3 is 0 Å². The van der Waals surface area contributed by atoms with Crippen LogP contribution in [-0.4, -0.2) is 42.9 Å². The summed E-state index contributed by atoms with van der Waals surface area (Å²) in [6, 6.07) is 14.5. The van der Waals surface area contributed by atoms with Crippen molar-refractivity contribution >= 4 is 23.2 Å². The fourth-order valence-corrected chi connectivity index (χ4v) is 4.01. The van der Waals surface area contributed by atoms with E-state index in [9.17, 15) is 14.0 Å². The van der Waals surface area contributed by atoms with Crippen LogP contribution >= 0.6 is 0 Å². The summed E-state index contributed by atoms with van der Waals surface area (Å²) in [6.07, 6.45) is 1.59. The summed E-state index contributed by atoms with van der Waals surface area (Å²) in [4.78, 5) is 28.7. The number of nitrogens with zero attached hydrogens (tertiary/aromatic N) is 2. The molecule has 6 heteroatoms. The molecule has 0 radical (unpaired) electrons. The lowest BCUT2D eigenvalue weighted by Gasteiger charge is -2.36. The molecular weight excluding hydrogens is 357 g/mol. The lowest BCUT2D eigenvalue weighted by Crippen LogP contribution is -2.49. The minimum Gasteiger partial charge on any atom is -0.366 e. The van der Waals surface area contributed by atoms with Gasteiger partial charge in [-0.1, -0.05) is 30.3 Å². The SMILES string of the molecule is O=C1Nc2ccccc2CC1CCC(=O)N1CCN(c2ccccc2F)CC1. The zero-order chi connectivity index (χ0) is 19.5. The number of hydrogen-bond donors (Lipinski definition) is 1. The molecule has 0 saturated carbocycles. The number of piperazine rings is 1. The molecule has 0 spiro atoms. The summed E-state index contributed by atoms with van der Waals surface area (Å²) in [5, 5.41) is 2.94. The van der Waals surface area contributed by atoms with Crippen LogP contribution in [0.2, 0.25) is 0 Å². The van der Waals surface area contributed by atoms with Crippen molar-refractivity contribution in [1.82, 2.24) is 4.90 Å². The van der Waals surface area contributed by atoms with E-state index in [-0.39, 0.29) is 23.5 Å². The van der Waals surface area contributed by atoms with E-state index in [1.165, 1.54) is 6.07 Å². The summed E-state index contributed by atoms with van der Waals surface area (Å²) < 4.78 is 13.9. The van der Waals surface area contributed by atoms with Crippen LogP contribution in [0.4, 0.5) is 15.8 Å². The van der Waals surface area contributed by atoms with Gasteiger partial charge in [-0.3, -0.25) is 9.59 Å². The molecular formula is C22H24FN3O2. The van der Waals surface area contributed by atoms with Crippen LogP contribution in [0, 0.1) is 11.7 Å². The van der Waals surface area contributed by atoms with E-state index in [1.807, 2.05) is 40.1 Å². The number of carbonyl (C=O) groups excluding carboxylic acids is 2. The van der Waals surface area contributed by atoms with Crippen molar-refractivity contribution in [2.45, 2.75) is 19.3 Å². The number of hydrogen-bond acceptors (Lipinski definition) is 3. The van der Waals surface area contributed by atoms with Crippen molar-refractivity contribution in [2.24, 2.45) is 5.92 Å². The van der Waals surface area contributed by atoms with Crippen LogP contribution < -0.4 is 10.2 Å². The van der Waals surface area contributed by atoms with Crippen LogP contribution in [0.5, 0.6) is 0 Å². The van der Waals surface area contributed by atoms with E-state index in [4.69, 9.17) is 0 Å². The molecule has 0 aliphatic carbocycles. The molecule has 2 aromatic carbocycles. The second kappa shape index (κ2) is 8.00. The highest BCUT2D eigenvalue weighted by atomic mass is 19.1. The van der Waals surface area contributed by atoms with Gasteiger partial charge in [0.1, 0.15) is 5.82 Å². The Hall–Kier alpha value is -2.89. The van der Waals surface area contributed by atoms with Crippen molar-refractivity contribution in [3.8, 4) is 0 Å². The van der Waals surface area contributed by atoms with Crippen molar-refractivity contribution < 1.29 is 14.0 Å². The molecule has 4 rings (SSSR count). The maximum Gasteiger partial charge on any atom is 0.227 e. The fourth-order valence-electron chi connectivity index (χ4n) is 4.01. The van der Waals surface area contributed by atoms with Crippen LogP contribution in [0.1, 0.15) is 18.4 Å². The lowest BCUT2D eigenvalue weighted by molar-refractivity contribution is -0.132. The number of para-hydroxylation sites is 2. The average Bonchev–Trinajstić information content (AvgIpc) is 2.72. The number of rotatable bonds is 4. The van der Waals surface area contributed by atoms with Crippen molar-refractivity contribution in [2.75, 3.05) is 36.4 Å². The monoisotopic (exact) mass is 381 g/mol. The summed E-state index contributed by atoms with van der Waals surface area (Å²) in [5.41, 5.74) is 2.59. The highest BCUT2D eigenvalue weighted by Crippen LogP contribution is 2.28. The molecule has 2 aliphatic rings. The second-order valence-electron chi connectivity index (χ2n) is 7.41. The normalized spacial score (nSPS) is 19.2. The Morgan fingerprint density at radius 3 is 2.54 bits per heavy atom. The van der Waals surface area contributed by atoms with Crippen LogP contribution in [0.15, 0.2) is 48.5 Å². The first kappa shape index (κ1) is 18.5. The highest BCUT2D eigenvalue weighted by molar-refractivity contribution is 5.96. The Morgan fingerprint density at radius 1 is 1.04 bits per heavy atom. The van der Waals surface area contributed by atoms with Crippen LogP contribution in [0.25, 0.3) is 0 Å². The third kappa shape index (κ3) is 3.86. The smallest absolute Gasteiger partial charge is 0.227 e. The van der Waals surface area contributed by atoms with E-state index in [0.29, 0.717) is 51.1 Å². The molecule has 1 fully saturated rings. The van der Waals surface area contributed by atoms with E-state index in [2.05, 4.69) is 5.32 Å². The maximum absolute atomic E-state index is 13.9. The molecule has 1 atom stereocenters. The molecule has 2 aromatic rings. The molecule has 1 unspecified atom stereocenters. The van der Waals surface area contributed by atoms with Gasteiger partial charge in [0.05, 0.1) is 5.69 Å². The van der Waals surface area contributed by atoms with Crippen molar-refractivity contribution in [3.05, 3.63) is 59.9 Å². The number of halogens is 1. The van der Waals surface area contributed by atoms with Gasteiger partial charge in [-0.15, -0.1) is 0 Å². The predicted molar refractivity (Wildman–Crippen MR) is 107 cm³/mol. The van der Waals surface area contributed by atoms with Gasteiger partial charge in [0.2, 0.25) is 11.8 Å². The van der Waals surface area contributed by atoms with E-state index >= 15 is 0 Å². The molecule has 5 nitrogen and oxygen atoms in total. The van der Waals surface area contributed by atoms with Gasteiger partial charge in [-0.2, -0.15) is 0 Å². The molecule has 1 saturated heterocycles. The first-order valence-corrected chi connectivity index (χ1v) is 9.78. The molecule has 0 aromatic heterocycles. The summed E-state index contributed by atoms with van der Waals surface area (Å²) in [7, 11) is 0. The van der Waals surface area contributed by atoms with Gasteiger partial charge < -0.3 is 15.1 Å². The topological polar surface area (TPSA) is 52.7 Å². The number of fused-ring (bicyclic) bond motifs is 1. The molecule has 0 bridgehead atoms. The Balaban J connectivity index is 1.28. The number of amides is 2. The van der Waals surface area contributed by atoms with Crippen molar-refractivity contribution in [1.29, 1.82) is 0 Å². The minimum absolute atomic E-state index is 0.00382. The van der Waals surface area contributed by atoms with Gasteiger partial charge in [-0.25, -0.2) is 4.39 Å². The minimum atomic E-state index is -0.231. The summed E-state index contributed by atoms with van der Waals surface area (Å²) in [5.74, 6) is -0.333. The van der Waals surface area contributed by atoms with E-state index < -0.39 is 0 Å². The zero-order valence-corrected chi connectivity index (χ0v) is 15.7. The third-order valence-corrected chi connectivity index (χ3v) is 5.64. The van der Waals surface area contributed by atoms with Gasteiger partial charge in [-0.05, 0) is 36.6 Å². The summed E-state index contributed by atoms with van der Waals surface area (Å²) in [6.45, 7) is 2.38. The van der Waals surface area contributed by atoms with Gasteiger partial charge in [0.15, 0.2) is 0 Å². The number of carbonyl (C=O) groups is 2. The van der Waals surface area contributed by atoms with Crippen LogP contribution in [0.3, 0.4) is 0 Å². The molecule has 2 aliphatic heterocycles. The fraction of sp³-hybridized carbons (Fsp3) is 0.364. The quantitative estimate of drug-likeness (QED) is 0.886. The van der Waals surface area contributed by atoms with Crippen molar-refractivity contribution in [3.63, 3.8) is 0 Å². The molecule has 28 heavy (non-hydrogen) atoms. The van der Waals surface area contributed by atoms with E-state index in [1.54, 1.807) is 12.1 Å². The summed E-state index contributed by atoms with van der Waals surface area (Å²) >= 11 is 0. The number of nitrogens with one attached hydrogen (secondary N) is 1. The Kier molecular flexibility index (Phi) is 5.28. The predicted octanol–water partition coefficient (Wildman–Crippen LogP) is 3.07. The first-order valence-electron chi connectivity index (χ1n) is 9.78. The van der Waals surface area contributed by atoms with Gasteiger partial charge in [0.25, 0.3) is 0 Å². The highest BCUT2D eigenvalue weighted by Gasteiger charge is 2.28. The van der Waals surface area contributed by atoms with E-state index in [0.717, 1.165) is 11.3 Å². The molecule has 1 N–H and O–H groups in total. The number of anilines is 2.